The van der Waals surface area contributed by atoms with Crippen molar-refractivity contribution in [2.75, 3.05) is 0 Å². The molecule has 1 aromatic carbocycles. The Balaban J connectivity index is 0. The first-order chi connectivity index (χ1) is 5.63. The van der Waals surface area contributed by atoms with Crippen molar-refractivity contribution in [2.45, 2.75) is 6.10 Å². The van der Waals surface area contributed by atoms with Gasteiger partial charge in [0, 0.05) is 5.56 Å². The van der Waals surface area contributed by atoms with Gasteiger partial charge in [-0.25, -0.2) is 4.79 Å². The number of aliphatic hydroxyl groups excluding tert-OH is 1. The molecule has 13 heavy (non-hydrogen) atoms. The van der Waals surface area contributed by atoms with Crippen LogP contribution in [0.3, 0.4) is 0 Å². The third-order valence-electron chi connectivity index (χ3n) is 1.47. The summed E-state index contributed by atoms with van der Waals surface area (Å²) in [5, 5.41) is 26.5. The first-order valence-corrected chi connectivity index (χ1v) is 3.31. The number of phenolic OH excluding ortho intramolecular Hbond substituents is 1. The number of benzene rings is 1. The predicted octanol–water partition coefficient (Wildman–Crippen LogP) is -2.37. The Labute approximate surface area is 98.6 Å². The molecule has 1 unspecified atom stereocenters. The van der Waals surface area contributed by atoms with Crippen molar-refractivity contribution < 1.29 is 51.1 Å². The minimum atomic E-state index is -1.66. The third kappa shape index (κ3) is 3.00. The molecule has 5 heteroatoms. The molecule has 1 aromatic rings. The molecule has 0 saturated carbocycles. The van der Waals surface area contributed by atoms with Crippen LogP contribution in [0.4, 0.5) is 0 Å². The molecule has 0 bridgehead atoms. The maximum absolute atomic E-state index is 10.3. The van der Waals surface area contributed by atoms with Crippen molar-refractivity contribution in [3.8, 4) is 5.75 Å². The van der Waals surface area contributed by atoms with Gasteiger partial charge in [0.25, 0.3) is 0 Å². The van der Waals surface area contributed by atoms with Gasteiger partial charge >= 0.3 is 35.5 Å². The fraction of sp³-hybridized carbons (Fsp3) is 0.125. The van der Waals surface area contributed by atoms with Crippen molar-refractivity contribution in [3.05, 3.63) is 29.8 Å². The van der Waals surface area contributed by atoms with Crippen LogP contribution in [0.5, 0.6) is 5.75 Å². The van der Waals surface area contributed by atoms with E-state index in [0.29, 0.717) is 0 Å². The number of carboxylic acids is 1. The van der Waals surface area contributed by atoms with Gasteiger partial charge in [-0.1, -0.05) is 18.2 Å². The smallest absolute Gasteiger partial charge is 1.00 e. The van der Waals surface area contributed by atoms with E-state index >= 15 is 0 Å². The average Bonchev–Trinajstić information content (AvgIpc) is 2.04. The van der Waals surface area contributed by atoms with Crippen LogP contribution in [0.1, 0.15) is 13.1 Å². The van der Waals surface area contributed by atoms with Crippen molar-refractivity contribution in [1.29, 1.82) is 0 Å². The number of para-hydroxylation sites is 1. The number of hydrogen-bond donors (Lipinski definition) is 3. The Hall–Kier alpha value is -0.550. The largest absolute Gasteiger partial charge is 1.00 e. The number of hydrogen-bond acceptors (Lipinski definition) is 3. The van der Waals surface area contributed by atoms with Gasteiger partial charge in [0.1, 0.15) is 5.75 Å². The van der Waals surface area contributed by atoms with Gasteiger partial charge < -0.3 is 16.7 Å². The zero-order valence-electron chi connectivity index (χ0n) is 8.14. The molecule has 0 radical (unpaired) electrons. The van der Waals surface area contributed by atoms with Crippen LogP contribution in [0, 0.1) is 0 Å². The molecule has 3 N–H and O–H groups in total. The second-order valence-electron chi connectivity index (χ2n) is 2.30. The standard InChI is InChI=1S/C8H8O4.Na.H/c9-6-4-2-1-3-5(6)7(10)8(11)12;;/h1-4,7,9-10H,(H,11,12);;/q;+1;-1. The molecule has 1 atom stereocenters. The van der Waals surface area contributed by atoms with Gasteiger partial charge in [-0.2, -0.15) is 0 Å². The van der Waals surface area contributed by atoms with E-state index in [9.17, 15) is 4.79 Å². The summed E-state index contributed by atoms with van der Waals surface area (Å²) < 4.78 is 0. The summed E-state index contributed by atoms with van der Waals surface area (Å²) in [5.41, 5.74) is 0.00463. The monoisotopic (exact) mass is 192 g/mol. The van der Waals surface area contributed by atoms with E-state index in [2.05, 4.69) is 0 Å². The van der Waals surface area contributed by atoms with E-state index in [1.165, 1.54) is 12.1 Å². The van der Waals surface area contributed by atoms with Crippen molar-refractivity contribution >= 4 is 5.97 Å². The summed E-state index contributed by atoms with van der Waals surface area (Å²) in [6.07, 6.45) is -1.66. The molecule has 0 heterocycles. The fourth-order valence-electron chi connectivity index (χ4n) is 0.852. The summed E-state index contributed by atoms with van der Waals surface area (Å²) in [6.45, 7) is 0. The van der Waals surface area contributed by atoms with E-state index < -0.39 is 12.1 Å². The number of rotatable bonds is 2. The molecular weight excluding hydrogens is 183 g/mol. The maximum Gasteiger partial charge on any atom is 1.00 e. The van der Waals surface area contributed by atoms with E-state index in [4.69, 9.17) is 15.3 Å². The number of aliphatic hydroxyl groups is 1. The molecule has 0 spiro atoms. The van der Waals surface area contributed by atoms with Gasteiger partial charge in [0.05, 0.1) is 0 Å². The van der Waals surface area contributed by atoms with Crippen molar-refractivity contribution in [1.82, 2.24) is 0 Å². The van der Waals surface area contributed by atoms with Crippen LogP contribution < -0.4 is 29.6 Å². The van der Waals surface area contributed by atoms with Crippen molar-refractivity contribution in [3.63, 3.8) is 0 Å². The van der Waals surface area contributed by atoms with Gasteiger partial charge in [-0.3, -0.25) is 0 Å². The number of carboxylic acid groups (broad SMARTS) is 1. The first-order valence-electron chi connectivity index (χ1n) is 3.31. The zero-order valence-corrected chi connectivity index (χ0v) is 9.14. The number of phenols is 1. The summed E-state index contributed by atoms with van der Waals surface area (Å²) >= 11 is 0. The molecule has 0 amide bonds. The fourth-order valence-corrected chi connectivity index (χ4v) is 0.852. The van der Waals surface area contributed by atoms with Crippen LogP contribution in [0.25, 0.3) is 0 Å². The average molecular weight is 192 g/mol. The molecule has 0 fully saturated rings. The van der Waals surface area contributed by atoms with Crippen LogP contribution in [0.2, 0.25) is 0 Å². The third-order valence-corrected chi connectivity index (χ3v) is 1.47. The summed E-state index contributed by atoms with van der Waals surface area (Å²) in [7, 11) is 0. The number of aromatic hydroxyl groups is 1. The molecule has 0 aliphatic carbocycles. The quantitative estimate of drug-likeness (QED) is 0.457. The Morgan fingerprint density at radius 2 is 1.92 bits per heavy atom. The zero-order chi connectivity index (χ0) is 9.14. The van der Waals surface area contributed by atoms with Crippen LogP contribution in [0.15, 0.2) is 24.3 Å². The normalized spacial score (nSPS) is 11.5. The SMILES string of the molecule is O=C(O)C(O)c1ccccc1O.[H-].[Na+]. The first kappa shape index (κ1) is 12.4. The summed E-state index contributed by atoms with van der Waals surface area (Å²) in [6, 6.07) is 5.77. The van der Waals surface area contributed by atoms with E-state index in [1.54, 1.807) is 12.1 Å². The second-order valence-corrected chi connectivity index (χ2v) is 2.30. The number of carbonyl (C=O) groups is 1. The van der Waals surface area contributed by atoms with Gasteiger partial charge in [-0.05, 0) is 6.07 Å². The Morgan fingerprint density at radius 3 is 2.38 bits per heavy atom. The molecule has 66 valence electrons. The molecule has 0 aliphatic rings. The van der Waals surface area contributed by atoms with E-state index in [-0.39, 0.29) is 42.3 Å². The van der Waals surface area contributed by atoms with Crippen LogP contribution in [-0.2, 0) is 4.79 Å². The molecular formula is C8H9NaO4. The molecule has 1 rings (SSSR count). The van der Waals surface area contributed by atoms with Crippen LogP contribution in [-0.4, -0.2) is 21.3 Å². The van der Waals surface area contributed by atoms with Gasteiger partial charge in [-0.15, -0.1) is 0 Å². The van der Waals surface area contributed by atoms with E-state index in [0.717, 1.165) is 0 Å². The molecule has 0 aromatic heterocycles. The molecule has 4 nitrogen and oxygen atoms in total. The summed E-state index contributed by atoms with van der Waals surface area (Å²) in [4.78, 5) is 10.3. The Bertz CT molecular complexity index is 305. The molecule has 0 saturated heterocycles. The Kier molecular flexibility index (Phi) is 5.02. The number of aliphatic carboxylic acids is 1. The minimum absolute atomic E-state index is 0. The minimum Gasteiger partial charge on any atom is -1.00 e. The molecule has 0 aliphatic heterocycles. The van der Waals surface area contributed by atoms with Crippen molar-refractivity contribution in [2.24, 2.45) is 0 Å². The topological polar surface area (TPSA) is 77.8 Å². The Morgan fingerprint density at radius 1 is 1.38 bits per heavy atom. The van der Waals surface area contributed by atoms with Gasteiger partial charge in [0.2, 0.25) is 0 Å². The predicted molar refractivity (Wildman–Crippen MR) is 41.8 cm³/mol. The maximum atomic E-state index is 10.3. The van der Waals surface area contributed by atoms with Gasteiger partial charge in [0.15, 0.2) is 6.10 Å². The van der Waals surface area contributed by atoms with Crippen LogP contribution >= 0.6 is 0 Å². The second kappa shape index (κ2) is 5.24. The van der Waals surface area contributed by atoms with E-state index in [1.807, 2.05) is 0 Å². The summed E-state index contributed by atoms with van der Waals surface area (Å²) in [5.74, 6) is -1.59.